The van der Waals surface area contributed by atoms with E-state index in [1.165, 1.54) is 0 Å². The monoisotopic (exact) mass is 218 g/mol. The molecule has 1 unspecified atom stereocenters. The molecule has 0 saturated heterocycles. The maximum Gasteiger partial charge on any atom is 0.240 e. The molecule has 3 N–H and O–H groups in total. The Balaban J connectivity index is 2.04. The lowest BCUT2D eigenvalue weighted by atomic mass is 10.0. The van der Waals surface area contributed by atoms with Crippen molar-refractivity contribution in [2.75, 3.05) is 0 Å². The van der Waals surface area contributed by atoms with Crippen LogP contribution in [0.15, 0.2) is 30.3 Å². The molecule has 1 aromatic rings. The van der Waals surface area contributed by atoms with E-state index >= 15 is 0 Å². The van der Waals surface area contributed by atoms with Crippen LogP contribution in [0, 0.1) is 0 Å². The van der Waals surface area contributed by atoms with Gasteiger partial charge in [-0.05, 0) is 24.8 Å². The zero-order valence-electron chi connectivity index (χ0n) is 9.57. The van der Waals surface area contributed by atoms with Crippen molar-refractivity contribution in [1.29, 1.82) is 0 Å². The molecule has 0 spiro atoms. The Labute approximate surface area is 96.0 Å². The van der Waals surface area contributed by atoms with E-state index < -0.39 is 5.54 Å². The smallest absolute Gasteiger partial charge is 0.240 e. The largest absolute Gasteiger partial charge is 0.348 e. The third-order valence-corrected chi connectivity index (χ3v) is 3.16. The van der Waals surface area contributed by atoms with E-state index in [1.54, 1.807) is 0 Å². The molecule has 1 aromatic carbocycles. The lowest BCUT2D eigenvalue weighted by Crippen LogP contribution is -2.44. The molecular weight excluding hydrogens is 200 g/mol. The average molecular weight is 218 g/mol. The van der Waals surface area contributed by atoms with Gasteiger partial charge in [-0.2, -0.15) is 0 Å². The van der Waals surface area contributed by atoms with Crippen molar-refractivity contribution in [2.24, 2.45) is 5.73 Å². The summed E-state index contributed by atoms with van der Waals surface area (Å²) < 4.78 is 0. The van der Waals surface area contributed by atoms with Gasteiger partial charge in [0.15, 0.2) is 0 Å². The second kappa shape index (κ2) is 4.26. The van der Waals surface area contributed by atoms with Gasteiger partial charge in [0.25, 0.3) is 0 Å². The van der Waals surface area contributed by atoms with Gasteiger partial charge in [-0.25, -0.2) is 0 Å². The third-order valence-electron chi connectivity index (χ3n) is 3.16. The van der Waals surface area contributed by atoms with E-state index in [1.807, 2.05) is 30.3 Å². The van der Waals surface area contributed by atoms with E-state index in [0.717, 1.165) is 24.8 Å². The maximum absolute atomic E-state index is 11.8. The van der Waals surface area contributed by atoms with Crippen LogP contribution < -0.4 is 11.1 Å². The van der Waals surface area contributed by atoms with Crippen molar-refractivity contribution in [3.8, 4) is 0 Å². The third kappa shape index (κ3) is 2.25. The molecular formula is C13H18N2O. The topological polar surface area (TPSA) is 55.1 Å². The van der Waals surface area contributed by atoms with Crippen LogP contribution in [0.3, 0.4) is 0 Å². The van der Waals surface area contributed by atoms with Crippen molar-refractivity contribution in [1.82, 2.24) is 5.32 Å². The molecule has 1 atom stereocenters. The van der Waals surface area contributed by atoms with Crippen LogP contribution in [-0.2, 0) is 4.79 Å². The molecule has 1 fully saturated rings. The highest BCUT2D eigenvalue weighted by molar-refractivity contribution is 5.89. The normalized spacial score (nSPS) is 18.9. The Morgan fingerprint density at radius 1 is 1.44 bits per heavy atom. The molecule has 3 heteroatoms. The van der Waals surface area contributed by atoms with E-state index in [4.69, 9.17) is 5.73 Å². The van der Waals surface area contributed by atoms with Gasteiger partial charge in [-0.1, -0.05) is 37.3 Å². The van der Waals surface area contributed by atoms with E-state index in [2.05, 4.69) is 12.2 Å². The SMILES string of the molecule is CCC(NC(=O)C1(N)CC1)c1ccccc1. The number of carbonyl (C=O) groups is 1. The molecule has 0 bridgehead atoms. The number of benzene rings is 1. The molecule has 3 nitrogen and oxygen atoms in total. The maximum atomic E-state index is 11.8. The van der Waals surface area contributed by atoms with Crippen molar-refractivity contribution in [3.05, 3.63) is 35.9 Å². The number of nitrogens with two attached hydrogens (primary N) is 1. The van der Waals surface area contributed by atoms with E-state index in [-0.39, 0.29) is 11.9 Å². The van der Waals surface area contributed by atoms with Crippen LogP contribution in [0.1, 0.15) is 37.8 Å². The van der Waals surface area contributed by atoms with Gasteiger partial charge in [0.05, 0.1) is 11.6 Å². The zero-order valence-corrected chi connectivity index (χ0v) is 9.57. The standard InChI is InChI=1S/C13H18N2O/c1-2-11(10-6-4-3-5-7-10)15-12(16)13(14)8-9-13/h3-7,11H,2,8-9,14H2,1H3,(H,15,16). The average Bonchev–Trinajstić information content (AvgIpc) is 3.06. The van der Waals surface area contributed by atoms with Gasteiger partial charge in [0.1, 0.15) is 0 Å². The Bertz CT molecular complexity index is 371. The summed E-state index contributed by atoms with van der Waals surface area (Å²) >= 11 is 0. The molecule has 0 radical (unpaired) electrons. The molecule has 0 aromatic heterocycles. The van der Waals surface area contributed by atoms with Crippen LogP contribution in [0.5, 0.6) is 0 Å². The predicted molar refractivity (Wildman–Crippen MR) is 63.8 cm³/mol. The summed E-state index contributed by atoms with van der Waals surface area (Å²) in [7, 11) is 0. The second-order valence-electron chi connectivity index (χ2n) is 4.50. The van der Waals surface area contributed by atoms with Gasteiger partial charge >= 0.3 is 0 Å². The number of carbonyl (C=O) groups excluding carboxylic acids is 1. The summed E-state index contributed by atoms with van der Waals surface area (Å²) in [5.74, 6) is -0.0109. The van der Waals surface area contributed by atoms with Crippen molar-refractivity contribution < 1.29 is 4.79 Å². The predicted octanol–water partition coefficient (Wildman–Crippen LogP) is 1.75. The van der Waals surface area contributed by atoms with Crippen LogP contribution in [-0.4, -0.2) is 11.4 Å². The summed E-state index contributed by atoms with van der Waals surface area (Å²) in [5, 5.41) is 3.02. The van der Waals surface area contributed by atoms with Crippen LogP contribution in [0.4, 0.5) is 0 Å². The van der Waals surface area contributed by atoms with E-state index in [0.29, 0.717) is 0 Å². The first-order chi connectivity index (χ1) is 7.65. The van der Waals surface area contributed by atoms with Crippen molar-refractivity contribution in [2.45, 2.75) is 37.8 Å². The highest BCUT2D eigenvalue weighted by Crippen LogP contribution is 2.33. The minimum Gasteiger partial charge on any atom is -0.348 e. The Hall–Kier alpha value is -1.35. The van der Waals surface area contributed by atoms with Crippen molar-refractivity contribution >= 4 is 5.91 Å². The first-order valence-electron chi connectivity index (χ1n) is 5.80. The van der Waals surface area contributed by atoms with Crippen molar-refractivity contribution in [3.63, 3.8) is 0 Å². The molecule has 1 aliphatic carbocycles. The highest BCUT2D eigenvalue weighted by Gasteiger charge is 2.46. The fraction of sp³-hybridized carbons (Fsp3) is 0.462. The summed E-state index contributed by atoms with van der Waals surface area (Å²) in [5.41, 5.74) is 6.42. The fourth-order valence-corrected chi connectivity index (χ4v) is 1.77. The van der Waals surface area contributed by atoms with Gasteiger partial charge in [0, 0.05) is 0 Å². The number of hydrogen-bond acceptors (Lipinski definition) is 2. The lowest BCUT2D eigenvalue weighted by molar-refractivity contribution is -0.124. The molecule has 0 heterocycles. The first-order valence-corrected chi connectivity index (χ1v) is 5.80. The molecule has 16 heavy (non-hydrogen) atoms. The molecule has 1 amide bonds. The Morgan fingerprint density at radius 2 is 2.06 bits per heavy atom. The van der Waals surface area contributed by atoms with Gasteiger partial charge < -0.3 is 11.1 Å². The minimum absolute atomic E-state index is 0.0109. The first kappa shape index (κ1) is 11.1. The molecule has 1 aliphatic rings. The lowest BCUT2D eigenvalue weighted by Gasteiger charge is -2.19. The summed E-state index contributed by atoms with van der Waals surface area (Å²) in [6.45, 7) is 2.06. The molecule has 1 saturated carbocycles. The van der Waals surface area contributed by atoms with Gasteiger partial charge in [0.2, 0.25) is 5.91 Å². The number of amides is 1. The second-order valence-corrected chi connectivity index (χ2v) is 4.50. The quantitative estimate of drug-likeness (QED) is 0.809. The summed E-state index contributed by atoms with van der Waals surface area (Å²) in [6.07, 6.45) is 2.50. The molecule has 86 valence electrons. The number of hydrogen-bond donors (Lipinski definition) is 2. The van der Waals surface area contributed by atoms with Gasteiger partial charge in [-0.3, -0.25) is 4.79 Å². The fourth-order valence-electron chi connectivity index (χ4n) is 1.77. The molecule has 2 rings (SSSR count). The zero-order chi connectivity index (χ0) is 11.6. The minimum atomic E-state index is -0.581. The summed E-state index contributed by atoms with van der Waals surface area (Å²) in [4.78, 5) is 11.8. The Kier molecular flexibility index (Phi) is 2.97. The summed E-state index contributed by atoms with van der Waals surface area (Å²) in [6, 6.07) is 10.1. The van der Waals surface area contributed by atoms with Crippen LogP contribution in [0.2, 0.25) is 0 Å². The highest BCUT2D eigenvalue weighted by atomic mass is 16.2. The van der Waals surface area contributed by atoms with Crippen LogP contribution >= 0.6 is 0 Å². The molecule has 0 aliphatic heterocycles. The Morgan fingerprint density at radius 3 is 2.56 bits per heavy atom. The van der Waals surface area contributed by atoms with Crippen LogP contribution in [0.25, 0.3) is 0 Å². The van der Waals surface area contributed by atoms with Gasteiger partial charge in [-0.15, -0.1) is 0 Å². The number of nitrogens with one attached hydrogen (secondary N) is 1. The van der Waals surface area contributed by atoms with E-state index in [9.17, 15) is 4.79 Å². The number of rotatable bonds is 4.